The van der Waals surface area contributed by atoms with E-state index < -0.39 is 15.8 Å². The van der Waals surface area contributed by atoms with Crippen molar-refractivity contribution in [2.45, 2.75) is 24.2 Å². The zero-order chi connectivity index (χ0) is 15.7. The number of nitrogens with one attached hydrogen (secondary N) is 1. The smallest absolute Gasteiger partial charge is 0.326 e. The highest BCUT2D eigenvalue weighted by Crippen LogP contribution is 2.14. The van der Waals surface area contributed by atoms with Gasteiger partial charge in [0.05, 0.1) is 17.1 Å². The molecule has 0 aliphatic heterocycles. The number of sulfone groups is 1. The predicted octanol–water partition coefficient (Wildman–Crippen LogP) is 1.32. The van der Waals surface area contributed by atoms with Gasteiger partial charge in [0.2, 0.25) is 0 Å². The second-order valence-electron chi connectivity index (χ2n) is 4.37. The SMILES string of the molecule is COCCCS(=O)(=O)c1ccc(CCC(=O)ONS)cc1. The third-order valence-corrected chi connectivity index (χ3v) is 4.73. The summed E-state index contributed by atoms with van der Waals surface area (Å²) < 4.78 is 28.9. The number of benzene rings is 1. The van der Waals surface area contributed by atoms with Crippen molar-refractivity contribution in [3.63, 3.8) is 0 Å². The number of rotatable bonds is 9. The van der Waals surface area contributed by atoms with E-state index in [4.69, 9.17) is 4.74 Å². The van der Waals surface area contributed by atoms with Gasteiger partial charge in [-0.25, -0.2) is 8.42 Å². The van der Waals surface area contributed by atoms with E-state index in [1.54, 1.807) is 24.3 Å². The summed E-state index contributed by atoms with van der Waals surface area (Å²) in [5, 5.41) is 0. The Hall–Kier alpha value is -1.09. The Bertz CT molecular complexity index is 542. The van der Waals surface area contributed by atoms with Gasteiger partial charge in [0.25, 0.3) is 0 Å². The first-order valence-corrected chi connectivity index (χ1v) is 8.49. The Morgan fingerprint density at radius 3 is 2.52 bits per heavy atom. The molecule has 0 saturated heterocycles. The van der Waals surface area contributed by atoms with Crippen LogP contribution in [0.5, 0.6) is 0 Å². The molecule has 1 rings (SSSR count). The van der Waals surface area contributed by atoms with Gasteiger partial charge in [0.1, 0.15) is 0 Å². The number of aryl methyl sites for hydroxylation is 1. The largest absolute Gasteiger partial charge is 0.385 e. The van der Waals surface area contributed by atoms with Gasteiger partial charge in [-0.15, -0.1) is 0 Å². The van der Waals surface area contributed by atoms with E-state index in [1.807, 2.05) is 4.89 Å². The molecule has 0 spiro atoms. The van der Waals surface area contributed by atoms with E-state index in [2.05, 4.69) is 17.7 Å². The lowest BCUT2D eigenvalue weighted by Crippen LogP contribution is -2.11. The molecule has 1 N–H and O–H groups in total. The number of methoxy groups -OCH3 is 1. The van der Waals surface area contributed by atoms with Crippen LogP contribution in [0.15, 0.2) is 29.2 Å². The topological polar surface area (TPSA) is 81.7 Å². The van der Waals surface area contributed by atoms with E-state index >= 15 is 0 Å². The van der Waals surface area contributed by atoms with E-state index in [9.17, 15) is 13.2 Å². The summed E-state index contributed by atoms with van der Waals surface area (Å²) >= 11 is 3.55. The van der Waals surface area contributed by atoms with Gasteiger partial charge in [-0.2, -0.15) is 0 Å². The minimum absolute atomic E-state index is 0.0557. The quantitative estimate of drug-likeness (QED) is 0.403. The van der Waals surface area contributed by atoms with Gasteiger partial charge in [-0.05, 0) is 30.5 Å². The molecule has 6 nitrogen and oxygen atoms in total. The van der Waals surface area contributed by atoms with Crippen LogP contribution in [0, 0.1) is 0 Å². The second-order valence-corrected chi connectivity index (χ2v) is 6.67. The molecule has 8 heteroatoms. The average molecular weight is 333 g/mol. The molecular weight excluding hydrogens is 314 g/mol. The van der Waals surface area contributed by atoms with Crippen molar-refractivity contribution in [1.82, 2.24) is 4.89 Å². The van der Waals surface area contributed by atoms with Crippen LogP contribution in [0.1, 0.15) is 18.4 Å². The number of hydrogen-bond acceptors (Lipinski definition) is 7. The van der Waals surface area contributed by atoms with E-state index in [0.29, 0.717) is 19.4 Å². The Labute approximate surface area is 130 Å². The molecule has 1 aromatic carbocycles. The molecule has 1 aromatic rings. The third kappa shape index (κ3) is 6.47. The van der Waals surface area contributed by atoms with Crippen LogP contribution in [-0.2, 0) is 30.6 Å². The van der Waals surface area contributed by atoms with Gasteiger partial charge in [0, 0.05) is 13.7 Å². The first-order chi connectivity index (χ1) is 9.99. The molecule has 0 bridgehead atoms. The van der Waals surface area contributed by atoms with Crippen molar-refractivity contribution in [2.24, 2.45) is 0 Å². The van der Waals surface area contributed by atoms with Crippen LogP contribution in [0.3, 0.4) is 0 Å². The minimum Gasteiger partial charge on any atom is -0.385 e. The van der Waals surface area contributed by atoms with Crippen molar-refractivity contribution in [2.75, 3.05) is 19.5 Å². The van der Waals surface area contributed by atoms with Crippen molar-refractivity contribution in [1.29, 1.82) is 0 Å². The van der Waals surface area contributed by atoms with Crippen LogP contribution < -0.4 is 4.89 Å². The molecule has 0 aromatic heterocycles. The number of carbonyl (C=O) groups is 1. The lowest BCUT2D eigenvalue weighted by Gasteiger charge is -2.06. The molecule has 0 heterocycles. The zero-order valence-corrected chi connectivity index (χ0v) is 13.5. The summed E-state index contributed by atoms with van der Waals surface area (Å²) in [6.07, 6.45) is 1.12. The number of carbonyl (C=O) groups excluding carboxylic acids is 1. The van der Waals surface area contributed by atoms with Gasteiger partial charge in [-0.3, -0.25) is 4.79 Å². The molecule has 118 valence electrons. The molecule has 0 unspecified atom stereocenters. The Morgan fingerprint density at radius 1 is 1.29 bits per heavy atom. The molecule has 0 amide bonds. The summed E-state index contributed by atoms with van der Waals surface area (Å²) in [7, 11) is -1.74. The van der Waals surface area contributed by atoms with Gasteiger partial charge in [0.15, 0.2) is 9.84 Å². The van der Waals surface area contributed by atoms with Gasteiger partial charge < -0.3 is 9.57 Å². The predicted molar refractivity (Wildman–Crippen MR) is 81.5 cm³/mol. The maximum Gasteiger partial charge on any atom is 0.326 e. The van der Waals surface area contributed by atoms with Gasteiger partial charge in [-0.1, -0.05) is 29.8 Å². The highest BCUT2D eigenvalue weighted by atomic mass is 32.2. The monoisotopic (exact) mass is 333 g/mol. The molecular formula is C13H19NO5S2. The third-order valence-electron chi connectivity index (χ3n) is 2.82. The molecule has 0 saturated carbocycles. The molecule has 0 aliphatic carbocycles. The zero-order valence-electron chi connectivity index (χ0n) is 11.7. The highest BCUT2D eigenvalue weighted by molar-refractivity contribution is 7.91. The molecule has 0 atom stereocenters. The molecule has 0 radical (unpaired) electrons. The summed E-state index contributed by atoms with van der Waals surface area (Å²) in [4.78, 5) is 17.9. The summed E-state index contributed by atoms with van der Waals surface area (Å²) in [5.41, 5.74) is 0.863. The van der Waals surface area contributed by atoms with E-state index in [1.165, 1.54) is 7.11 Å². The van der Waals surface area contributed by atoms with E-state index in [0.717, 1.165) is 5.56 Å². The van der Waals surface area contributed by atoms with Crippen molar-refractivity contribution in [3.05, 3.63) is 29.8 Å². The lowest BCUT2D eigenvalue weighted by molar-refractivity contribution is -0.146. The fraction of sp³-hybridized carbons (Fsp3) is 0.462. The first kappa shape index (κ1) is 18.0. The minimum atomic E-state index is -3.28. The number of ether oxygens (including phenoxy) is 1. The Balaban J connectivity index is 2.59. The van der Waals surface area contributed by atoms with Crippen LogP contribution in [0.2, 0.25) is 0 Å². The maximum atomic E-state index is 12.0. The average Bonchev–Trinajstić information content (AvgIpc) is 2.46. The number of hydrogen-bond donors (Lipinski definition) is 2. The standard InChI is InChI=1S/C13H19NO5S2/c1-18-9-2-10-21(16,17)12-6-3-11(4-7-12)5-8-13(15)19-14-20/h3-4,6-7,14,20H,2,5,8-10H2,1H3. The van der Waals surface area contributed by atoms with Crippen molar-refractivity contribution in [3.8, 4) is 0 Å². The number of thiol groups is 1. The fourth-order valence-electron chi connectivity index (χ4n) is 1.72. The van der Waals surface area contributed by atoms with Crippen LogP contribution in [0.25, 0.3) is 0 Å². The Morgan fingerprint density at radius 2 is 1.95 bits per heavy atom. The summed E-state index contributed by atoms with van der Waals surface area (Å²) in [6, 6.07) is 6.51. The van der Waals surface area contributed by atoms with Crippen molar-refractivity contribution < 1.29 is 22.8 Å². The van der Waals surface area contributed by atoms with Gasteiger partial charge >= 0.3 is 5.97 Å². The van der Waals surface area contributed by atoms with Crippen LogP contribution in [-0.4, -0.2) is 33.9 Å². The van der Waals surface area contributed by atoms with Crippen LogP contribution in [0.4, 0.5) is 0 Å². The summed E-state index contributed by atoms with van der Waals surface area (Å²) in [5.74, 6) is -0.374. The summed E-state index contributed by atoms with van der Waals surface area (Å²) in [6.45, 7) is 0.415. The first-order valence-electron chi connectivity index (χ1n) is 6.39. The highest BCUT2D eigenvalue weighted by Gasteiger charge is 2.14. The second kappa shape index (κ2) is 9.04. The fourth-order valence-corrected chi connectivity index (χ4v) is 3.11. The van der Waals surface area contributed by atoms with Crippen molar-refractivity contribution >= 4 is 28.6 Å². The normalized spacial score (nSPS) is 11.3. The van der Waals surface area contributed by atoms with Crippen LogP contribution >= 0.6 is 12.8 Å². The van der Waals surface area contributed by atoms with E-state index in [-0.39, 0.29) is 17.1 Å². The molecule has 0 aliphatic rings. The maximum absolute atomic E-state index is 12.0. The molecule has 0 fully saturated rings. The molecule has 21 heavy (non-hydrogen) atoms. The lowest BCUT2D eigenvalue weighted by atomic mass is 10.1. The Kier molecular flexibility index (Phi) is 7.73.